The van der Waals surface area contributed by atoms with Crippen LogP contribution in [0.5, 0.6) is 0 Å². The summed E-state index contributed by atoms with van der Waals surface area (Å²) in [6.45, 7) is 2.03. The van der Waals surface area contributed by atoms with Gasteiger partial charge in [-0.05, 0) is 31.2 Å². The second-order valence-corrected chi connectivity index (χ2v) is 6.97. The van der Waals surface area contributed by atoms with E-state index in [0.29, 0.717) is 17.0 Å². The van der Waals surface area contributed by atoms with Crippen LogP contribution >= 0.6 is 23.2 Å². The fourth-order valence-corrected chi connectivity index (χ4v) is 2.85. The van der Waals surface area contributed by atoms with Crippen molar-refractivity contribution in [3.8, 4) is 22.6 Å². The van der Waals surface area contributed by atoms with Gasteiger partial charge in [0.15, 0.2) is 22.1 Å². The molecule has 130 valence electrons. The average molecular weight is 387 g/mol. The van der Waals surface area contributed by atoms with Crippen molar-refractivity contribution in [1.29, 1.82) is 0 Å². The molecule has 4 nitrogen and oxygen atoms in total. The SMILES string of the molecule is Cc1ccc(-c2cc3nc(C(Cl)Cl)nc(-c4ccc(F)cc4)n3n2)cc1. The molecule has 0 saturated heterocycles. The Morgan fingerprint density at radius 2 is 1.58 bits per heavy atom. The Hall–Kier alpha value is -2.50. The number of rotatable bonds is 3. The number of benzene rings is 2. The molecule has 2 aromatic heterocycles. The van der Waals surface area contributed by atoms with E-state index in [1.54, 1.807) is 16.6 Å². The highest BCUT2D eigenvalue weighted by Gasteiger charge is 2.17. The maximum absolute atomic E-state index is 13.3. The van der Waals surface area contributed by atoms with Crippen LogP contribution < -0.4 is 0 Å². The Bertz CT molecular complexity index is 1070. The van der Waals surface area contributed by atoms with Gasteiger partial charge in [0.25, 0.3) is 0 Å². The summed E-state index contributed by atoms with van der Waals surface area (Å²) in [5.41, 5.74) is 4.13. The number of aryl methyl sites for hydroxylation is 1. The number of hydrogen-bond donors (Lipinski definition) is 0. The van der Waals surface area contributed by atoms with Crippen molar-refractivity contribution in [3.63, 3.8) is 0 Å². The Kier molecular flexibility index (Phi) is 4.34. The molecule has 0 radical (unpaired) electrons. The van der Waals surface area contributed by atoms with Crippen molar-refractivity contribution in [2.45, 2.75) is 11.8 Å². The predicted octanol–water partition coefficient (Wildman–Crippen LogP) is 5.38. The quantitative estimate of drug-likeness (QED) is 0.443. The smallest absolute Gasteiger partial charge is 0.167 e. The van der Waals surface area contributed by atoms with Crippen LogP contribution in [0.3, 0.4) is 0 Å². The lowest BCUT2D eigenvalue weighted by Gasteiger charge is -2.07. The van der Waals surface area contributed by atoms with E-state index >= 15 is 0 Å². The van der Waals surface area contributed by atoms with E-state index in [2.05, 4.69) is 15.1 Å². The second kappa shape index (κ2) is 6.67. The summed E-state index contributed by atoms with van der Waals surface area (Å²) in [6, 6.07) is 15.9. The van der Waals surface area contributed by atoms with Crippen molar-refractivity contribution >= 4 is 28.8 Å². The minimum Gasteiger partial charge on any atom is -0.211 e. The van der Waals surface area contributed by atoms with Crippen LogP contribution in [0, 0.1) is 12.7 Å². The minimum absolute atomic E-state index is 0.274. The Morgan fingerprint density at radius 3 is 2.23 bits per heavy atom. The first kappa shape index (κ1) is 16.9. The fourth-order valence-electron chi connectivity index (χ4n) is 2.65. The van der Waals surface area contributed by atoms with E-state index in [1.807, 2.05) is 37.3 Å². The van der Waals surface area contributed by atoms with E-state index in [9.17, 15) is 4.39 Å². The first-order valence-corrected chi connectivity index (χ1v) is 8.77. The molecule has 0 N–H and O–H groups in total. The summed E-state index contributed by atoms with van der Waals surface area (Å²) in [7, 11) is 0. The summed E-state index contributed by atoms with van der Waals surface area (Å²) in [6.07, 6.45) is 0. The molecule has 2 aromatic carbocycles. The zero-order valence-corrected chi connectivity index (χ0v) is 15.2. The first-order valence-electron chi connectivity index (χ1n) is 7.90. The van der Waals surface area contributed by atoms with Crippen molar-refractivity contribution in [1.82, 2.24) is 19.6 Å². The Labute approximate surface area is 159 Å². The van der Waals surface area contributed by atoms with Gasteiger partial charge in [-0.1, -0.05) is 53.0 Å². The topological polar surface area (TPSA) is 43.1 Å². The normalized spacial score (nSPS) is 11.4. The molecule has 0 amide bonds. The van der Waals surface area contributed by atoms with Crippen molar-refractivity contribution in [3.05, 3.63) is 71.8 Å². The van der Waals surface area contributed by atoms with E-state index in [-0.39, 0.29) is 11.6 Å². The lowest BCUT2D eigenvalue weighted by Crippen LogP contribution is -2.05. The maximum atomic E-state index is 13.3. The number of hydrogen-bond acceptors (Lipinski definition) is 3. The van der Waals surface area contributed by atoms with Crippen molar-refractivity contribution in [2.75, 3.05) is 0 Å². The fraction of sp³-hybridized carbons (Fsp3) is 0.105. The summed E-state index contributed by atoms with van der Waals surface area (Å²) in [4.78, 5) is 7.94. The molecular formula is C19H13Cl2FN4. The monoisotopic (exact) mass is 386 g/mol. The third kappa shape index (κ3) is 3.16. The number of aromatic nitrogens is 4. The van der Waals surface area contributed by atoms with Crippen LogP contribution in [0.15, 0.2) is 54.6 Å². The standard InChI is InChI=1S/C19H13Cl2FN4/c1-11-2-4-12(5-3-11)15-10-16-23-18(17(20)21)24-19(26(16)25-15)13-6-8-14(22)9-7-13/h2-10,17H,1H3. The highest BCUT2D eigenvalue weighted by atomic mass is 35.5. The molecule has 0 unspecified atom stereocenters. The van der Waals surface area contributed by atoms with E-state index in [4.69, 9.17) is 23.2 Å². The van der Waals surface area contributed by atoms with Crippen LogP contribution in [0.1, 0.15) is 16.2 Å². The molecule has 0 aliphatic rings. The molecule has 0 bridgehead atoms. The summed E-state index contributed by atoms with van der Waals surface area (Å²) < 4.78 is 14.9. The lowest BCUT2D eigenvalue weighted by molar-refractivity contribution is 0.628. The van der Waals surface area contributed by atoms with Crippen LogP contribution in [0.25, 0.3) is 28.3 Å². The van der Waals surface area contributed by atoms with Gasteiger partial charge >= 0.3 is 0 Å². The number of alkyl halides is 2. The van der Waals surface area contributed by atoms with E-state index in [1.165, 1.54) is 17.7 Å². The molecule has 2 heterocycles. The largest absolute Gasteiger partial charge is 0.211 e. The van der Waals surface area contributed by atoms with Gasteiger partial charge in [-0.25, -0.2) is 14.4 Å². The summed E-state index contributed by atoms with van der Waals surface area (Å²) >= 11 is 12.0. The maximum Gasteiger partial charge on any atom is 0.167 e. The molecule has 0 saturated carbocycles. The lowest BCUT2D eigenvalue weighted by atomic mass is 10.1. The van der Waals surface area contributed by atoms with Gasteiger partial charge in [-0.3, -0.25) is 0 Å². The van der Waals surface area contributed by atoms with Crippen molar-refractivity contribution < 1.29 is 4.39 Å². The zero-order valence-electron chi connectivity index (χ0n) is 13.7. The Balaban J connectivity index is 1.94. The second-order valence-electron chi connectivity index (χ2n) is 5.88. The highest BCUT2D eigenvalue weighted by Crippen LogP contribution is 2.28. The molecule has 4 rings (SSSR count). The van der Waals surface area contributed by atoms with Gasteiger partial charge in [0.2, 0.25) is 0 Å². The summed E-state index contributed by atoms with van der Waals surface area (Å²) in [5.74, 6) is 0.442. The molecular weight excluding hydrogens is 374 g/mol. The number of fused-ring (bicyclic) bond motifs is 1. The Morgan fingerprint density at radius 1 is 0.923 bits per heavy atom. The third-order valence-electron chi connectivity index (χ3n) is 3.99. The average Bonchev–Trinajstić information content (AvgIpc) is 3.06. The minimum atomic E-state index is -0.878. The van der Waals surface area contributed by atoms with Gasteiger partial charge in [-0.2, -0.15) is 9.61 Å². The van der Waals surface area contributed by atoms with Gasteiger partial charge in [0.05, 0.1) is 5.69 Å². The number of halogens is 3. The van der Waals surface area contributed by atoms with E-state index in [0.717, 1.165) is 11.3 Å². The molecule has 0 aliphatic heterocycles. The number of nitrogens with zero attached hydrogens (tertiary/aromatic N) is 4. The van der Waals surface area contributed by atoms with Crippen LogP contribution in [0.4, 0.5) is 4.39 Å². The van der Waals surface area contributed by atoms with Gasteiger partial charge in [0, 0.05) is 17.2 Å². The van der Waals surface area contributed by atoms with Crippen LogP contribution in [0.2, 0.25) is 0 Å². The van der Waals surface area contributed by atoms with Crippen LogP contribution in [-0.4, -0.2) is 19.6 Å². The molecule has 26 heavy (non-hydrogen) atoms. The van der Waals surface area contributed by atoms with Crippen LogP contribution in [-0.2, 0) is 0 Å². The zero-order chi connectivity index (χ0) is 18.3. The van der Waals surface area contributed by atoms with E-state index < -0.39 is 4.84 Å². The predicted molar refractivity (Wildman–Crippen MR) is 101 cm³/mol. The molecule has 0 atom stereocenters. The molecule has 4 aromatic rings. The molecule has 0 aliphatic carbocycles. The van der Waals surface area contributed by atoms with Gasteiger partial charge in [-0.15, -0.1) is 0 Å². The summed E-state index contributed by atoms with van der Waals surface area (Å²) in [5, 5.41) is 4.62. The highest BCUT2D eigenvalue weighted by molar-refractivity contribution is 6.43. The molecule has 7 heteroatoms. The molecule has 0 spiro atoms. The third-order valence-corrected chi connectivity index (χ3v) is 4.38. The van der Waals surface area contributed by atoms with Crippen molar-refractivity contribution in [2.24, 2.45) is 0 Å². The van der Waals surface area contributed by atoms with Gasteiger partial charge in [0.1, 0.15) is 5.82 Å². The molecule has 0 fully saturated rings. The van der Waals surface area contributed by atoms with Gasteiger partial charge < -0.3 is 0 Å². The first-order chi connectivity index (χ1) is 12.5.